The van der Waals surface area contributed by atoms with Crippen molar-refractivity contribution in [3.8, 4) is 0 Å². The molecule has 0 spiro atoms. The van der Waals surface area contributed by atoms with Crippen LogP contribution in [0.2, 0.25) is 0 Å². The number of carbonyl (C=O) groups is 3. The maximum atomic E-state index is 13.3. The quantitative estimate of drug-likeness (QED) is 0.351. The Morgan fingerprint density at radius 3 is 2.51 bits per heavy atom. The van der Waals surface area contributed by atoms with Crippen molar-refractivity contribution in [3.63, 3.8) is 0 Å². The third-order valence-corrected chi connectivity index (χ3v) is 6.99. The third-order valence-electron chi connectivity index (χ3n) is 6.99. The summed E-state index contributed by atoms with van der Waals surface area (Å²) in [5.41, 5.74) is 7.59. The molecule has 3 amide bonds. The Morgan fingerprint density at radius 2 is 1.70 bits per heavy atom. The Morgan fingerprint density at radius 1 is 0.946 bits per heavy atom. The molecule has 4 rings (SSSR count). The van der Waals surface area contributed by atoms with Gasteiger partial charge in [0, 0.05) is 13.1 Å². The van der Waals surface area contributed by atoms with E-state index in [4.69, 9.17) is 5.73 Å². The minimum Gasteiger partial charge on any atom is -0.350 e. The topological polar surface area (TPSA) is 105 Å². The van der Waals surface area contributed by atoms with Gasteiger partial charge in [-0.2, -0.15) is 0 Å². The molecule has 0 bridgehead atoms. The van der Waals surface area contributed by atoms with Crippen LogP contribution in [0.1, 0.15) is 43.2 Å². The first-order chi connectivity index (χ1) is 18.1. The average molecular weight is 501 g/mol. The Balaban J connectivity index is 1.40. The summed E-state index contributed by atoms with van der Waals surface area (Å²) in [5, 5.41) is 8.02. The van der Waals surface area contributed by atoms with Crippen molar-refractivity contribution in [3.05, 3.63) is 83.9 Å². The summed E-state index contributed by atoms with van der Waals surface area (Å²) in [7, 11) is 0. The molecule has 0 radical (unpaired) electrons. The molecule has 1 aliphatic rings. The molecule has 1 aliphatic heterocycles. The van der Waals surface area contributed by atoms with Crippen molar-refractivity contribution >= 4 is 28.5 Å². The zero-order valence-electron chi connectivity index (χ0n) is 21.2. The number of nitrogens with zero attached hydrogens (tertiary/aromatic N) is 1. The Labute approximate surface area is 218 Å². The van der Waals surface area contributed by atoms with Crippen LogP contribution in [0.25, 0.3) is 10.8 Å². The number of unbranched alkanes of at least 4 members (excludes halogenated alkanes) is 1. The molecule has 7 nitrogen and oxygen atoms in total. The lowest BCUT2D eigenvalue weighted by molar-refractivity contribution is -0.139. The molecule has 7 heteroatoms. The van der Waals surface area contributed by atoms with Gasteiger partial charge in [0.15, 0.2) is 0 Å². The van der Waals surface area contributed by atoms with E-state index in [1.54, 1.807) is 4.90 Å². The summed E-state index contributed by atoms with van der Waals surface area (Å²) < 4.78 is 0. The average Bonchev–Trinajstić information content (AvgIpc) is 3.43. The SMILES string of the molecule is NCCCC[C@H](NC(=O)[C@@H]1CCCN1C(=O)Cc1cccc2ccccc12)C(=O)NCc1ccccc1. The zero-order valence-corrected chi connectivity index (χ0v) is 21.2. The van der Waals surface area contributed by atoms with Crippen molar-refractivity contribution in [1.82, 2.24) is 15.5 Å². The Bertz CT molecular complexity index is 1210. The first kappa shape index (κ1) is 26.4. The summed E-state index contributed by atoms with van der Waals surface area (Å²) in [6, 6.07) is 22.4. The van der Waals surface area contributed by atoms with Gasteiger partial charge in [0.2, 0.25) is 17.7 Å². The van der Waals surface area contributed by atoms with Crippen LogP contribution in [0.15, 0.2) is 72.8 Å². The second-order valence-electron chi connectivity index (χ2n) is 9.61. The van der Waals surface area contributed by atoms with Gasteiger partial charge in [0.1, 0.15) is 12.1 Å². The predicted molar refractivity (Wildman–Crippen MR) is 146 cm³/mol. The Kier molecular flexibility index (Phi) is 9.27. The molecule has 2 atom stereocenters. The summed E-state index contributed by atoms with van der Waals surface area (Å²) in [6.45, 7) is 1.47. The van der Waals surface area contributed by atoms with Crippen LogP contribution in [0.3, 0.4) is 0 Å². The molecule has 0 aliphatic carbocycles. The minimum atomic E-state index is -0.668. The molecule has 0 saturated carbocycles. The highest BCUT2D eigenvalue weighted by Gasteiger charge is 2.35. The van der Waals surface area contributed by atoms with Gasteiger partial charge in [0.05, 0.1) is 6.42 Å². The van der Waals surface area contributed by atoms with E-state index in [9.17, 15) is 14.4 Å². The molecule has 3 aromatic rings. The second kappa shape index (κ2) is 13.0. The van der Waals surface area contributed by atoms with E-state index >= 15 is 0 Å². The molecule has 0 unspecified atom stereocenters. The van der Waals surface area contributed by atoms with E-state index in [2.05, 4.69) is 10.6 Å². The number of rotatable bonds is 11. The van der Waals surface area contributed by atoms with Gasteiger partial charge in [-0.15, -0.1) is 0 Å². The standard InChI is InChI=1S/C30H36N4O3/c31-18-7-6-16-26(29(36)32-21-22-10-2-1-3-11-22)33-30(37)27-17-9-19-34(27)28(35)20-24-14-8-13-23-12-4-5-15-25(23)24/h1-5,8,10-15,26-27H,6-7,9,16-21,31H2,(H,32,36)(H,33,37)/t26-,27-/m0/s1. The van der Waals surface area contributed by atoms with Gasteiger partial charge in [0.25, 0.3) is 0 Å². The van der Waals surface area contributed by atoms with Crippen LogP contribution in [0, 0.1) is 0 Å². The fourth-order valence-electron chi connectivity index (χ4n) is 4.99. The van der Waals surface area contributed by atoms with Crippen molar-refractivity contribution < 1.29 is 14.4 Å². The van der Waals surface area contributed by atoms with Gasteiger partial charge >= 0.3 is 0 Å². The van der Waals surface area contributed by atoms with E-state index < -0.39 is 12.1 Å². The lowest BCUT2D eigenvalue weighted by atomic mass is 10.0. The molecule has 4 N–H and O–H groups in total. The fourth-order valence-corrected chi connectivity index (χ4v) is 4.99. The van der Waals surface area contributed by atoms with E-state index in [1.165, 1.54) is 0 Å². The molecule has 37 heavy (non-hydrogen) atoms. The highest BCUT2D eigenvalue weighted by atomic mass is 16.2. The maximum Gasteiger partial charge on any atom is 0.243 e. The number of hydrogen-bond donors (Lipinski definition) is 3. The second-order valence-corrected chi connectivity index (χ2v) is 9.61. The number of hydrogen-bond acceptors (Lipinski definition) is 4. The van der Waals surface area contributed by atoms with E-state index in [1.807, 2.05) is 72.8 Å². The lowest BCUT2D eigenvalue weighted by Gasteiger charge is -2.27. The molecular formula is C30H36N4O3. The van der Waals surface area contributed by atoms with Crippen molar-refractivity contribution in [2.24, 2.45) is 5.73 Å². The number of carbonyl (C=O) groups excluding carboxylic acids is 3. The molecule has 3 aromatic carbocycles. The smallest absolute Gasteiger partial charge is 0.243 e. The molecular weight excluding hydrogens is 464 g/mol. The maximum absolute atomic E-state index is 13.3. The monoisotopic (exact) mass is 500 g/mol. The number of benzene rings is 3. The van der Waals surface area contributed by atoms with Gasteiger partial charge in [-0.1, -0.05) is 72.8 Å². The first-order valence-electron chi connectivity index (χ1n) is 13.1. The summed E-state index contributed by atoms with van der Waals surface area (Å²) in [6.07, 6.45) is 3.60. The summed E-state index contributed by atoms with van der Waals surface area (Å²) >= 11 is 0. The van der Waals surface area contributed by atoms with E-state index in [0.29, 0.717) is 32.5 Å². The van der Waals surface area contributed by atoms with Crippen LogP contribution in [0.4, 0.5) is 0 Å². The third kappa shape index (κ3) is 6.95. The predicted octanol–water partition coefficient (Wildman–Crippen LogP) is 3.30. The highest BCUT2D eigenvalue weighted by molar-refractivity contribution is 5.94. The minimum absolute atomic E-state index is 0.0674. The van der Waals surface area contributed by atoms with Gasteiger partial charge in [-0.25, -0.2) is 0 Å². The number of fused-ring (bicyclic) bond motifs is 1. The summed E-state index contributed by atoms with van der Waals surface area (Å²) in [5.74, 6) is -0.556. The van der Waals surface area contributed by atoms with Crippen LogP contribution in [0.5, 0.6) is 0 Å². The number of nitrogens with two attached hydrogens (primary N) is 1. The van der Waals surface area contributed by atoms with Gasteiger partial charge in [-0.05, 0) is 60.5 Å². The van der Waals surface area contributed by atoms with E-state index in [0.717, 1.165) is 41.2 Å². The molecule has 194 valence electrons. The normalized spacial score (nSPS) is 15.9. The van der Waals surface area contributed by atoms with Crippen molar-refractivity contribution in [1.29, 1.82) is 0 Å². The van der Waals surface area contributed by atoms with Crippen molar-refractivity contribution in [2.75, 3.05) is 13.1 Å². The zero-order chi connectivity index (χ0) is 26.0. The molecule has 1 fully saturated rings. The molecule has 1 saturated heterocycles. The number of nitrogens with one attached hydrogen (secondary N) is 2. The van der Waals surface area contributed by atoms with Crippen LogP contribution >= 0.6 is 0 Å². The van der Waals surface area contributed by atoms with Gasteiger partial charge < -0.3 is 21.3 Å². The Hall–Kier alpha value is -3.71. The van der Waals surface area contributed by atoms with Crippen molar-refractivity contribution in [2.45, 2.75) is 57.2 Å². The van der Waals surface area contributed by atoms with E-state index in [-0.39, 0.29) is 24.1 Å². The fraction of sp³-hybridized carbons (Fsp3) is 0.367. The van der Waals surface area contributed by atoms with Crippen LogP contribution in [-0.2, 0) is 27.3 Å². The first-order valence-corrected chi connectivity index (χ1v) is 13.1. The number of likely N-dealkylation sites (tertiary alicyclic amines) is 1. The molecule has 0 aromatic heterocycles. The summed E-state index contributed by atoms with van der Waals surface area (Å²) in [4.78, 5) is 41.3. The lowest BCUT2D eigenvalue weighted by Crippen LogP contribution is -2.53. The largest absolute Gasteiger partial charge is 0.350 e. The van der Waals surface area contributed by atoms with Crippen LogP contribution < -0.4 is 16.4 Å². The highest BCUT2D eigenvalue weighted by Crippen LogP contribution is 2.23. The van der Waals surface area contributed by atoms with Gasteiger partial charge in [-0.3, -0.25) is 14.4 Å². The number of amides is 3. The molecule has 1 heterocycles. The van der Waals surface area contributed by atoms with Crippen LogP contribution in [-0.4, -0.2) is 47.8 Å².